The molecule has 3 aromatic rings. The molecule has 0 bridgehead atoms. The molecule has 0 aliphatic heterocycles. The molecule has 5 rings (SSSR count). The van der Waals surface area contributed by atoms with Crippen LogP contribution in [0, 0.1) is 0 Å². The van der Waals surface area contributed by atoms with Crippen LogP contribution in [-0.2, 0) is 28.4 Å². The quantitative estimate of drug-likeness (QED) is 0.398. The molecular formula is C28H30O2S. The lowest BCUT2D eigenvalue weighted by Gasteiger charge is -2.43. The van der Waals surface area contributed by atoms with E-state index < -0.39 is 0 Å². The average Bonchev–Trinajstić information content (AvgIpc) is 3.20. The number of carbonyl (C=O) groups is 1. The number of fused-ring (bicyclic) bond motifs is 4. The van der Waals surface area contributed by atoms with Gasteiger partial charge in [0.25, 0.3) is 0 Å². The normalized spacial score (nSPS) is 18.0. The molecule has 0 N–H and O–H groups in total. The smallest absolute Gasteiger partial charge is 0.337 e. The van der Waals surface area contributed by atoms with Crippen LogP contribution in [0.2, 0.25) is 0 Å². The zero-order valence-electron chi connectivity index (χ0n) is 19.1. The van der Waals surface area contributed by atoms with Crippen LogP contribution in [0.5, 0.6) is 0 Å². The minimum absolute atomic E-state index is 0.224. The van der Waals surface area contributed by atoms with Gasteiger partial charge in [0.05, 0.1) is 12.7 Å². The van der Waals surface area contributed by atoms with Crippen molar-refractivity contribution in [3.63, 3.8) is 0 Å². The van der Waals surface area contributed by atoms with Gasteiger partial charge in [-0.25, -0.2) is 4.79 Å². The van der Waals surface area contributed by atoms with Gasteiger partial charge in [0.1, 0.15) is 0 Å². The van der Waals surface area contributed by atoms with Gasteiger partial charge in [0.15, 0.2) is 0 Å². The minimum Gasteiger partial charge on any atom is -0.465 e. The summed E-state index contributed by atoms with van der Waals surface area (Å²) in [5, 5.41) is 2.29. The van der Waals surface area contributed by atoms with E-state index in [1.807, 2.05) is 35.6 Å². The topological polar surface area (TPSA) is 26.3 Å². The summed E-state index contributed by atoms with van der Waals surface area (Å²) in [6.45, 7) is 9.62. The van der Waals surface area contributed by atoms with Crippen LogP contribution in [-0.4, -0.2) is 13.1 Å². The van der Waals surface area contributed by atoms with E-state index in [4.69, 9.17) is 4.74 Å². The molecule has 160 valence electrons. The van der Waals surface area contributed by atoms with Gasteiger partial charge < -0.3 is 4.74 Å². The molecule has 2 aliphatic rings. The second kappa shape index (κ2) is 7.06. The lowest BCUT2D eigenvalue weighted by Crippen LogP contribution is -2.34. The van der Waals surface area contributed by atoms with E-state index in [0.29, 0.717) is 5.56 Å². The number of carbonyl (C=O) groups excluding carboxylic acids is 1. The summed E-state index contributed by atoms with van der Waals surface area (Å²) in [6, 6.07) is 12.9. The molecule has 0 unspecified atom stereocenters. The molecule has 0 saturated carbocycles. The highest BCUT2D eigenvalue weighted by Gasteiger charge is 2.38. The van der Waals surface area contributed by atoms with E-state index >= 15 is 0 Å². The first-order valence-corrected chi connectivity index (χ1v) is 12.1. The van der Waals surface area contributed by atoms with E-state index in [1.165, 1.54) is 58.2 Å². The first-order valence-electron chi connectivity index (χ1n) is 11.2. The van der Waals surface area contributed by atoms with Crippen molar-refractivity contribution in [2.24, 2.45) is 0 Å². The molecular weight excluding hydrogens is 400 g/mol. The van der Waals surface area contributed by atoms with Gasteiger partial charge in [-0.15, -0.1) is 11.3 Å². The van der Waals surface area contributed by atoms with Gasteiger partial charge in [0, 0.05) is 4.88 Å². The Kier molecular flexibility index (Phi) is 4.67. The number of rotatable bonds is 2. The molecule has 0 radical (unpaired) electrons. The summed E-state index contributed by atoms with van der Waals surface area (Å²) >= 11 is 1.86. The van der Waals surface area contributed by atoms with E-state index in [1.54, 1.807) is 5.56 Å². The number of benzene rings is 2. The second-order valence-electron chi connectivity index (χ2n) is 10.3. The van der Waals surface area contributed by atoms with Gasteiger partial charge in [-0.1, -0.05) is 45.9 Å². The number of esters is 1. The first-order chi connectivity index (χ1) is 14.7. The van der Waals surface area contributed by atoms with Crippen LogP contribution < -0.4 is 0 Å². The molecule has 0 spiro atoms. The number of hydrogen-bond donors (Lipinski definition) is 0. The summed E-state index contributed by atoms with van der Waals surface area (Å²) < 4.78 is 4.84. The molecule has 0 atom stereocenters. The van der Waals surface area contributed by atoms with Crippen molar-refractivity contribution >= 4 is 17.3 Å². The van der Waals surface area contributed by atoms with Crippen LogP contribution in [0.15, 0.2) is 41.8 Å². The molecule has 2 aliphatic carbocycles. The summed E-state index contributed by atoms with van der Waals surface area (Å²) in [6.07, 6.45) is 4.65. The Morgan fingerprint density at radius 3 is 2.19 bits per heavy atom. The van der Waals surface area contributed by atoms with Gasteiger partial charge in [0.2, 0.25) is 0 Å². The number of ether oxygens (including phenoxy) is 1. The van der Waals surface area contributed by atoms with E-state index in [-0.39, 0.29) is 16.8 Å². The van der Waals surface area contributed by atoms with Crippen LogP contribution in [0.1, 0.15) is 73.1 Å². The summed E-state index contributed by atoms with van der Waals surface area (Å²) in [5.41, 5.74) is 11.0. The number of methoxy groups -OCH3 is 1. The SMILES string of the molecule is COC(=O)c1ccc(-c2csc3c2CCc2cc4c(cc2-3)C(C)(C)CCC4(C)C)cc1. The largest absolute Gasteiger partial charge is 0.465 e. The Labute approximate surface area is 189 Å². The van der Waals surface area contributed by atoms with Crippen molar-refractivity contribution < 1.29 is 9.53 Å². The molecule has 1 heterocycles. The van der Waals surface area contributed by atoms with Crippen molar-refractivity contribution in [2.75, 3.05) is 7.11 Å². The Hall–Kier alpha value is -2.39. The molecule has 2 aromatic carbocycles. The number of hydrogen-bond acceptors (Lipinski definition) is 3. The van der Waals surface area contributed by atoms with E-state index in [0.717, 1.165) is 12.8 Å². The van der Waals surface area contributed by atoms with Gasteiger partial charge in [-0.05, 0) is 99.0 Å². The highest BCUT2D eigenvalue weighted by molar-refractivity contribution is 7.14. The predicted molar refractivity (Wildman–Crippen MR) is 129 cm³/mol. The molecule has 0 amide bonds. The van der Waals surface area contributed by atoms with Crippen molar-refractivity contribution in [2.45, 2.75) is 64.2 Å². The fraction of sp³-hybridized carbons (Fsp3) is 0.393. The molecule has 3 heteroatoms. The van der Waals surface area contributed by atoms with Gasteiger partial charge in [-0.2, -0.15) is 0 Å². The Morgan fingerprint density at radius 2 is 1.55 bits per heavy atom. The lowest BCUT2D eigenvalue weighted by molar-refractivity contribution is 0.0601. The Balaban J connectivity index is 1.60. The lowest BCUT2D eigenvalue weighted by atomic mass is 9.62. The molecule has 1 aromatic heterocycles. The molecule has 0 saturated heterocycles. The Morgan fingerprint density at radius 1 is 0.903 bits per heavy atom. The third-order valence-electron chi connectivity index (χ3n) is 7.48. The fourth-order valence-electron chi connectivity index (χ4n) is 5.34. The average molecular weight is 431 g/mol. The zero-order chi connectivity index (χ0) is 22.0. The Bertz CT molecular complexity index is 1180. The summed E-state index contributed by atoms with van der Waals surface area (Å²) in [5.74, 6) is -0.289. The maximum atomic E-state index is 11.8. The van der Waals surface area contributed by atoms with Crippen LogP contribution in [0.25, 0.3) is 21.6 Å². The molecule has 2 nitrogen and oxygen atoms in total. The van der Waals surface area contributed by atoms with Crippen molar-refractivity contribution in [1.29, 1.82) is 0 Å². The van der Waals surface area contributed by atoms with Crippen molar-refractivity contribution in [1.82, 2.24) is 0 Å². The fourth-order valence-corrected chi connectivity index (χ4v) is 6.52. The maximum absolute atomic E-state index is 11.8. The van der Waals surface area contributed by atoms with Gasteiger partial charge >= 0.3 is 5.97 Å². The third-order valence-corrected chi connectivity index (χ3v) is 8.53. The summed E-state index contributed by atoms with van der Waals surface area (Å²) in [4.78, 5) is 13.2. The second-order valence-corrected chi connectivity index (χ2v) is 11.2. The highest BCUT2D eigenvalue weighted by atomic mass is 32.1. The van der Waals surface area contributed by atoms with Gasteiger partial charge in [-0.3, -0.25) is 0 Å². The molecule has 0 fully saturated rings. The molecule has 31 heavy (non-hydrogen) atoms. The predicted octanol–water partition coefficient (Wildman–Crippen LogP) is 7.32. The van der Waals surface area contributed by atoms with Crippen molar-refractivity contribution in [3.8, 4) is 21.6 Å². The van der Waals surface area contributed by atoms with Crippen LogP contribution in [0.4, 0.5) is 0 Å². The minimum atomic E-state index is -0.289. The first kappa shape index (κ1) is 20.5. The van der Waals surface area contributed by atoms with Crippen LogP contribution in [0.3, 0.4) is 0 Å². The van der Waals surface area contributed by atoms with E-state index in [2.05, 4.69) is 45.2 Å². The number of thiophene rings is 1. The third kappa shape index (κ3) is 3.25. The van der Waals surface area contributed by atoms with E-state index in [9.17, 15) is 4.79 Å². The standard InChI is InChI=1S/C28H30O2S/c1-27(2)12-13-28(3,4)24-15-21-19(14-23(24)27)10-11-20-22(16-31-25(20)21)17-6-8-18(9-7-17)26(29)30-5/h6-9,14-16H,10-13H2,1-5H3. The monoisotopic (exact) mass is 430 g/mol. The zero-order valence-corrected chi connectivity index (χ0v) is 19.9. The maximum Gasteiger partial charge on any atom is 0.337 e. The number of aryl methyl sites for hydroxylation is 1. The van der Waals surface area contributed by atoms with Crippen LogP contribution >= 0.6 is 11.3 Å². The van der Waals surface area contributed by atoms with Crippen molar-refractivity contribution in [3.05, 3.63) is 69.6 Å². The summed E-state index contributed by atoms with van der Waals surface area (Å²) in [7, 11) is 1.42. The highest BCUT2D eigenvalue weighted by Crippen LogP contribution is 2.50.